The van der Waals surface area contributed by atoms with Gasteiger partial charge in [-0.2, -0.15) is 0 Å². The summed E-state index contributed by atoms with van der Waals surface area (Å²) < 4.78 is 0. The van der Waals surface area contributed by atoms with E-state index in [1.165, 1.54) is 9.80 Å². The van der Waals surface area contributed by atoms with Crippen molar-refractivity contribution in [2.45, 2.75) is 108 Å². The standard InChI is InChI=1S/C43H54N8O9/c1-25(2)20-31-40(57)49-33(22-27-23-44-29-13-7-6-12-28(27)29)43(60)51-19-9-15-35(51)42(59)48-32(21-26-10-4-3-5-11-26)38(55)45-24-36(52)50-18-8-14-34(50)41(58)46-30(39(56)47-31)16-17-37(53)54/h3-7,10-13,23,25,30-35,44H,8-9,14-22,24H2,1-2H3,(H,45,55)(H,46,58)(H,47,56)(H,48,59)(H,49,57)(H,53,54)/t30-,31?,32?,33?,34?,35?/m0/s1. The summed E-state index contributed by atoms with van der Waals surface area (Å²) in [5.74, 6) is -5.83. The topological polar surface area (TPSA) is 239 Å². The Balaban J connectivity index is 1.37. The van der Waals surface area contributed by atoms with Crippen molar-refractivity contribution in [1.82, 2.24) is 41.4 Å². The minimum Gasteiger partial charge on any atom is -0.481 e. The molecule has 6 rings (SSSR count). The van der Waals surface area contributed by atoms with Crippen LogP contribution in [-0.2, 0) is 51.2 Å². The van der Waals surface area contributed by atoms with Crippen LogP contribution in [-0.4, -0.2) is 123 Å². The average molecular weight is 827 g/mol. The number of aromatic nitrogens is 1. The van der Waals surface area contributed by atoms with Crippen molar-refractivity contribution < 1.29 is 43.5 Å². The van der Waals surface area contributed by atoms with Crippen molar-refractivity contribution >= 4 is 58.2 Å². The Labute approximate surface area is 347 Å². The third kappa shape index (κ3) is 10.7. The summed E-state index contributed by atoms with van der Waals surface area (Å²) in [4.78, 5) is 116. The van der Waals surface area contributed by atoms with E-state index in [0.717, 1.165) is 22.0 Å². The van der Waals surface area contributed by atoms with E-state index in [9.17, 15) is 43.5 Å². The van der Waals surface area contributed by atoms with E-state index in [1.807, 2.05) is 44.2 Å². The number of carbonyl (C=O) groups is 8. The molecule has 7 N–H and O–H groups in total. The molecule has 3 aliphatic heterocycles. The van der Waals surface area contributed by atoms with Crippen LogP contribution in [0.2, 0.25) is 0 Å². The number of fused-ring (bicyclic) bond motifs is 3. The molecule has 2 aromatic carbocycles. The number of aliphatic carboxylic acids is 1. The zero-order valence-corrected chi connectivity index (χ0v) is 33.9. The summed E-state index contributed by atoms with van der Waals surface area (Å²) in [7, 11) is 0. The number of H-pyrrole nitrogens is 1. The molecule has 3 saturated heterocycles. The predicted molar refractivity (Wildman–Crippen MR) is 219 cm³/mol. The van der Waals surface area contributed by atoms with Gasteiger partial charge in [-0.05, 0) is 61.6 Å². The Morgan fingerprint density at radius 3 is 2.00 bits per heavy atom. The maximum absolute atomic E-state index is 14.7. The Morgan fingerprint density at radius 2 is 1.30 bits per heavy atom. The van der Waals surface area contributed by atoms with Crippen molar-refractivity contribution in [3.05, 3.63) is 71.9 Å². The van der Waals surface area contributed by atoms with Crippen LogP contribution in [0.25, 0.3) is 10.9 Å². The summed E-state index contributed by atoms with van der Waals surface area (Å²) in [5.41, 5.74) is 2.28. The first-order valence-electron chi connectivity index (χ1n) is 20.7. The zero-order chi connectivity index (χ0) is 42.9. The highest BCUT2D eigenvalue weighted by molar-refractivity contribution is 5.99. The van der Waals surface area contributed by atoms with E-state index < -0.39 is 96.5 Å². The molecule has 6 atom stereocenters. The highest BCUT2D eigenvalue weighted by Crippen LogP contribution is 2.24. The van der Waals surface area contributed by atoms with Crippen LogP contribution in [0.15, 0.2) is 60.8 Å². The first-order chi connectivity index (χ1) is 28.8. The molecule has 5 unspecified atom stereocenters. The van der Waals surface area contributed by atoms with E-state index in [1.54, 1.807) is 30.5 Å². The van der Waals surface area contributed by atoms with Crippen LogP contribution < -0.4 is 26.6 Å². The molecule has 3 aliphatic rings. The molecule has 60 heavy (non-hydrogen) atoms. The van der Waals surface area contributed by atoms with E-state index in [-0.39, 0.29) is 51.1 Å². The summed E-state index contributed by atoms with van der Waals surface area (Å²) in [6.07, 6.45) is 2.71. The number of nitrogens with one attached hydrogen (secondary N) is 6. The number of carboxylic acids is 1. The Hall–Kier alpha value is -6.26. The lowest BCUT2D eigenvalue weighted by Crippen LogP contribution is -2.60. The van der Waals surface area contributed by atoms with E-state index >= 15 is 0 Å². The maximum Gasteiger partial charge on any atom is 0.303 e. The number of amides is 7. The molecular formula is C43H54N8O9. The van der Waals surface area contributed by atoms with E-state index in [0.29, 0.717) is 19.3 Å². The van der Waals surface area contributed by atoms with Crippen molar-refractivity contribution in [3.8, 4) is 0 Å². The smallest absolute Gasteiger partial charge is 0.303 e. The fourth-order valence-electron chi connectivity index (χ4n) is 8.33. The SMILES string of the molecule is CC(C)CC1NC(=O)[C@H](CCC(=O)O)NC(=O)C2CCCN2C(=O)CNC(=O)C(Cc2ccccc2)NC(=O)C2CCCN2C(=O)C(Cc2c[nH]c3ccccc23)NC1=O. The number of carbonyl (C=O) groups excluding carboxylic acids is 7. The number of aromatic amines is 1. The molecular weight excluding hydrogens is 773 g/mol. The lowest BCUT2D eigenvalue weighted by molar-refractivity contribution is -0.142. The van der Waals surface area contributed by atoms with Crippen LogP contribution in [0.4, 0.5) is 0 Å². The number of benzene rings is 2. The van der Waals surface area contributed by atoms with Gasteiger partial charge in [0.05, 0.1) is 6.54 Å². The monoisotopic (exact) mass is 826 g/mol. The maximum atomic E-state index is 14.7. The molecule has 3 aromatic rings. The highest BCUT2D eigenvalue weighted by Gasteiger charge is 2.41. The van der Waals surface area contributed by atoms with Crippen LogP contribution in [0.1, 0.15) is 69.9 Å². The van der Waals surface area contributed by atoms with Crippen molar-refractivity contribution in [2.24, 2.45) is 5.92 Å². The molecule has 7 amide bonds. The molecule has 0 saturated carbocycles. The Morgan fingerprint density at radius 1 is 0.700 bits per heavy atom. The van der Waals surface area contributed by atoms with Gasteiger partial charge in [0, 0.05) is 49.5 Å². The molecule has 4 heterocycles. The van der Waals surface area contributed by atoms with Gasteiger partial charge < -0.3 is 46.5 Å². The molecule has 17 nitrogen and oxygen atoms in total. The molecule has 0 aliphatic carbocycles. The van der Waals surface area contributed by atoms with Crippen LogP contribution >= 0.6 is 0 Å². The number of hydrogen-bond donors (Lipinski definition) is 7. The van der Waals surface area contributed by atoms with Crippen LogP contribution in [0.5, 0.6) is 0 Å². The molecule has 0 radical (unpaired) electrons. The summed E-state index contributed by atoms with van der Waals surface area (Å²) >= 11 is 0. The van der Waals surface area contributed by atoms with Gasteiger partial charge in [0.2, 0.25) is 41.4 Å². The normalized spacial score (nSPS) is 25.1. The molecule has 1 aromatic heterocycles. The number of nitrogens with zero attached hydrogens (tertiary/aromatic N) is 2. The fraction of sp³-hybridized carbons (Fsp3) is 0.488. The van der Waals surface area contributed by atoms with E-state index in [2.05, 4.69) is 31.6 Å². The average Bonchev–Trinajstić information content (AvgIpc) is 4.01. The van der Waals surface area contributed by atoms with Crippen molar-refractivity contribution in [2.75, 3.05) is 19.6 Å². The molecule has 17 heteroatoms. The molecule has 3 fully saturated rings. The van der Waals surface area contributed by atoms with Gasteiger partial charge in [-0.3, -0.25) is 38.4 Å². The zero-order valence-electron chi connectivity index (χ0n) is 33.9. The molecule has 0 spiro atoms. The Bertz CT molecular complexity index is 2090. The minimum atomic E-state index is -1.38. The summed E-state index contributed by atoms with van der Waals surface area (Å²) in [6, 6.07) is 9.59. The van der Waals surface area contributed by atoms with Crippen LogP contribution in [0.3, 0.4) is 0 Å². The molecule has 0 bridgehead atoms. The third-order valence-electron chi connectivity index (χ3n) is 11.4. The second kappa shape index (κ2) is 19.7. The van der Waals surface area contributed by atoms with Crippen molar-refractivity contribution in [3.63, 3.8) is 0 Å². The van der Waals surface area contributed by atoms with E-state index in [4.69, 9.17) is 0 Å². The fourth-order valence-corrected chi connectivity index (χ4v) is 8.33. The summed E-state index contributed by atoms with van der Waals surface area (Å²) in [6.45, 7) is 3.61. The second-order valence-electron chi connectivity index (χ2n) is 16.2. The van der Waals surface area contributed by atoms with Gasteiger partial charge in [-0.25, -0.2) is 0 Å². The summed E-state index contributed by atoms with van der Waals surface area (Å²) in [5, 5.41) is 24.0. The lowest BCUT2D eigenvalue weighted by atomic mass is 9.99. The number of hydrogen-bond acceptors (Lipinski definition) is 8. The van der Waals surface area contributed by atoms with Gasteiger partial charge in [-0.15, -0.1) is 0 Å². The largest absolute Gasteiger partial charge is 0.481 e. The first-order valence-corrected chi connectivity index (χ1v) is 20.7. The van der Waals surface area contributed by atoms with Gasteiger partial charge in [0.15, 0.2) is 0 Å². The molecule has 320 valence electrons. The van der Waals surface area contributed by atoms with Gasteiger partial charge in [0.25, 0.3) is 0 Å². The number of rotatable bonds is 9. The number of para-hydroxylation sites is 1. The highest BCUT2D eigenvalue weighted by atomic mass is 16.4. The lowest BCUT2D eigenvalue weighted by Gasteiger charge is -2.31. The van der Waals surface area contributed by atoms with Crippen LogP contribution in [0, 0.1) is 5.92 Å². The third-order valence-corrected chi connectivity index (χ3v) is 11.4. The first kappa shape index (κ1) is 43.3. The minimum absolute atomic E-state index is 0.0318. The predicted octanol–water partition coefficient (Wildman–Crippen LogP) is 0.915. The quantitative estimate of drug-likeness (QED) is 0.162. The van der Waals surface area contributed by atoms with Gasteiger partial charge >= 0.3 is 5.97 Å². The number of carboxylic acid groups (broad SMARTS) is 1. The Kier molecular flexibility index (Phi) is 14.2. The van der Waals surface area contributed by atoms with Gasteiger partial charge in [0.1, 0.15) is 36.3 Å². The van der Waals surface area contributed by atoms with Crippen molar-refractivity contribution in [1.29, 1.82) is 0 Å². The van der Waals surface area contributed by atoms with Gasteiger partial charge in [-0.1, -0.05) is 62.4 Å². The second-order valence-corrected chi connectivity index (χ2v) is 16.2.